The number of hydroxylamine groups is 2. The summed E-state index contributed by atoms with van der Waals surface area (Å²) < 4.78 is 18.5. The van der Waals surface area contributed by atoms with Gasteiger partial charge in [-0.3, -0.25) is 4.79 Å². The summed E-state index contributed by atoms with van der Waals surface area (Å²) in [5.41, 5.74) is 2.33. The maximum Gasteiger partial charge on any atom is 0.241 e. The van der Waals surface area contributed by atoms with Crippen molar-refractivity contribution in [3.05, 3.63) is 89.6 Å². The first-order chi connectivity index (χ1) is 15.2. The van der Waals surface area contributed by atoms with E-state index in [-0.39, 0.29) is 17.8 Å². The van der Waals surface area contributed by atoms with E-state index < -0.39 is 0 Å². The van der Waals surface area contributed by atoms with Gasteiger partial charge in [-0.25, -0.2) is 4.39 Å². The number of halogens is 1. The topological polar surface area (TPSA) is 54.7 Å². The number of furan rings is 1. The Labute approximate surface area is 181 Å². The van der Waals surface area contributed by atoms with Gasteiger partial charge >= 0.3 is 0 Å². The summed E-state index contributed by atoms with van der Waals surface area (Å²) in [6.07, 6.45) is 6.21. The third-order valence-corrected chi connectivity index (χ3v) is 5.47. The molecule has 31 heavy (non-hydrogen) atoms. The standard InChI is InChI=1S/C25H27FN2O3/c26-21-11-13-23(14-12-21)31-28-15-3-10-24(28)25(29)27-18-20-7-1-5-19(17-20)6-2-8-22-9-4-16-30-22/h1,4-5,7,9,11-14,16-17,24H,2-3,6,8,10,15,18H2,(H,27,29)/t24-/m0/s1. The van der Waals surface area contributed by atoms with E-state index in [0.717, 1.165) is 43.4 Å². The molecule has 1 N–H and O–H groups in total. The molecule has 0 bridgehead atoms. The Kier molecular flexibility index (Phi) is 6.99. The van der Waals surface area contributed by atoms with E-state index >= 15 is 0 Å². The number of amides is 1. The van der Waals surface area contributed by atoms with Crippen molar-refractivity contribution in [1.29, 1.82) is 0 Å². The van der Waals surface area contributed by atoms with Crippen LogP contribution in [0.4, 0.5) is 4.39 Å². The highest BCUT2D eigenvalue weighted by atomic mass is 19.1. The minimum atomic E-state index is -0.346. The highest BCUT2D eigenvalue weighted by molar-refractivity contribution is 5.81. The molecule has 1 fully saturated rings. The molecule has 1 atom stereocenters. The Hall–Kier alpha value is -3.12. The summed E-state index contributed by atoms with van der Waals surface area (Å²) in [4.78, 5) is 18.6. The van der Waals surface area contributed by atoms with Gasteiger partial charge in [0, 0.05) is 19.5 Å². The average molecular weight is 423 g/mol. The van der Waals surface area contributed by atoms with Crippen LogP contribution in [0.25, 0.3) is 0 Å². The van der Waals surface area contributed by atoms with E-state index in [4.69, 9.17) is 9.25 Å². The van der Waals surface area contributed by atoms with Crippen LogP contribution >= 0.6 is 0 Å². The minimum absolute atomic E-state index is 0.0529. The van der Waals surface area contributed by atoms with E-state index in [9.17, 15) is 9.18 Å². The molecule has 0 radical (unpaired) electrons. The third-order valence-electron chi connectivity index (χ3n) is 5.47. The van der Waals surface area contributed by atoms with Crippen molar-refractivity contribution in [2.24, 2.45) is 0 Å². The van der Waals surface area contributed by atoms with Crippen LogP contribution in [0.3, 0.4) is 0 Å². The number of hydrogen-bond donors (Lipinski definition) is 1. The Bertz CT molecular complexity index is 973. The predicted molar refractivity (Wildman–Crippen MR) is 116 cm³/mol. The van der Waals surface area contributed by atoms with Crippen LogP contribution in [0.2, 0.25) is 0 Å². The van der Waals surface area contributed by atoms with Crippen molar-refractivity contribution in [2.45, 2.75) is 44.7 Å². The number of benzene rings is 2. The van der Waals surface area contributed by atoms with Crippen molar-refractivity contribution in [3.8, 4) is 5.75 Å². The maximum atomic E-state index is 13.1. The normalized spacial score (nSPS) is 16.4. The molecule has 162 valence electrons. The van der Waals surface area contributed by atoms with Crippen LogP contribution < -0.4 is 10.2 Å². The zero-order valence-electron chi connectivity index (χ0n) is 17.4. The molecule has 6 heteroatoms. The zero-order valence-corrected chi connectivity index (χ0v) is 17.4. The van der Waals surface area contributed by atoms with Gasteiger partial charge < -0.3 is 14.6 Å². The highest BCUT2D eigenvalue weighted by Crippen LogP contribution is 2.21. The fourth-order valence-electron chi connectivity index (χ4n) is 3.87. The fraction of sp³-hybridized carbons (Fsp3) is 0.320. The molecule has 0 spiro atoms. The van der Waals surface area contributed by atoms with Gasteiger partial charge in [-0.05, 0) is 73.2 Å². The van der Waals surface area contributed by atoms with Crippen LogP contribution in [0.1, 0.15) is 36.1 Å². The molecule has 0 aliphatic carbocycles. The van der Waals surface area contributed by atoms with Gasteiger partial charge in [0.2, 0.25) is 5.91 Å². The number of carbonyl (C=O) groups excluding carboxylic acids is 1. The molecule has 1 aliphatic rings. The summed E-state index contributed by atoms with van der Waals surface area (Å²) in [6.45, 7) is 1.15. The van der Waals surface area contributed by atoms with Crippen LogP contribution in [-0.4, -0.2) is 23.6 Å². The predicted octanol–water partition coefficient (Wildman–Crippen LogP) is 4.67. The number of hydrogen-bond acceptors (Lipinski definition) is 4. The number of nitrogens with zero attached hydrogens (tertiary/aromatic N) is 1. The van der Waals surface area contributed by atoms with Crippen LogP contribution in [-0.2, 0) is 24.2 Å². The molecule has 2 aromatic carbocycles. The molecular weight excluding hydrogens is 395 g/mol. The Balaban J connectivity index is 1.27. The number of rotatable bonds is 9. The SMILES string of the molecule is O=C(NCc1cccc(CCCc2ccco2)c1)[C@@H]1CCCN1Oc1ccc(F)cc1. The summed E-state index contributed by atoms with van der Waals surface area (Å²) in [5.74, 6) is 1.17. The molecule has 0 saturated carbocycles. The van der Waals surface area contributed by atoms with E-state index in [1.54, 1.807) is 23.5 Å². The summed E-state index contributed by atoms with van der Waals surface area (Å²) in [6, 6.07) is 17.7. The Morgan fingerprint density at radius 1 is 1.10 bits per heavy atom. The molecule has 2 heterocycles. The first-order valence-corrected chi connectivity index (χ1v) is 10.8. The first-order valence-electron chi connectivity index (χ1n) is 10.8. The van der Waals surface area contributed by atoms with Gasteiger partial charge in [-0.15, -0.1) is 5.06 Å². The summed E-state index contributed by atoms with van der Waals surface area (Å²) in [7, 11) is 0. The van der Waals surface area contributed by atoms with Gasteiger partial charge in [0.05, 0.1) is 6.26 Å². The summed E-state index contributed by atoms with van der Waals surface area (Å²) >= 11 is 0. The monoisotopic (exact) mass is 422 g/mol. The van der Waals surface area contributed by atoms with Gasteiger partial charge in [0.25, 0.3) is 0 Å². The average Bonchev–Trinajstić information content (AvgIpc) is 3.46. The Morgan fingerprint density at radius 2 is 1.94 bits per heavy atom. The van der Waals surface area contributed by atoms with Crippen molar-refractivity contribution in [1.82, 2.24) is 10.4 Å². The molecule has 0 unspecified atom stereocenters. The fourth-order valence-corrected chi connectivity index (χ4v) is 3.87. The second kappa shape index (κ2) is 10.3. The molecule has 1 aliphatic heterocycles. The molecule has 1 amide bonds. The van der Waals surface area contributed by atoms with Gasteiger partial charge in [0.1, 0.15) is 23.4 Å². The highest BCUT2D eigenvalue weighted by Gasteiger charge is 2.32. The molecular formula is C25H27FN2O3. The number of aryl methyl sites for hydroxylation is 2. The first kappa shape index (κ1) is 21.1. The third kappa shape index (κ3) is 5.95. The quantitative estimate of drug-likeness (QED) is 0.545. The minimum Gasteiger partial charge on any atom is -0.469 e. The lowest BCUT2D eigenvalue weighted by Gasteiger charge is -2.23. The van der Waals surface area contributed by atoms with Crippen LogP contribution in [0.5, 0.6) is 5.75 Å². The van der Waals surface area contributed by atoms with Crippen LogP contribution in [0, 0.1) is 5.82 Å². The zero-order chi connectivity index (χ0) is 21.5. The molecule has 3 aromatic rings. The second-order valence-corrected chi connectivity index (χ2v) is 7.81. The second-order valence-electron chi connectivity index (χ2n) is 7.81. The van der Waals surface area contributed by atoms with E-state index in [1.807, 2.05) is 24.3 Å². The van der Waals surface area contributed by atoms with Gasteiger partial charge in [0.15, 0.2) is 0 Å². The lowest BCUT2D eigenvalue weighted by atomic mass is 10.0. The lowest BCUT2D eigenvalue weighted by molar-refractivity contribution is -0.138. The molecule has 1 saturated heterocycles. The van der Waals surface area contributed by atoms with E-state index in [1.165, 1.54) is 17.7 Å². The smallest absolute Gasteiger partial charge is 0.241 e. The van der Waals surface area contributed by atoms with E-state index in [2.05, 4.69) is 17.4 Å². The largest absolute Gasteiger partial charge is 0.469 e. The number of nitrogens with one attached hydrogen (secondary N) is 1. The molecule has 4 rings (SSSR count). The van der Waals surface area contributed by atoms with Crippen molar-refractivity contribution in [2.75, 3.05) is 6.54 Å². The Morgan fingerprint density at radius 3 is 2.74 bits per heavy atom. The van der Waals surface area contributed by atoms with Crippen molar-refractivity contribution < 1.29 is 18.4 Å². The molecule has 5 nitrogen and oxygen atoms in total. The summed E-state index contributed by atoms with van der Waals surface area (Å²) in [5, 5.41) is 4.72. The van der Waals surface area contributed by atoms with Gasteiger partial charge in [-0.2, -0.15) is 0 Å². The van der Waals surface area contributed by atoms with E-state index in [0.29, 0.717) is 18.8 Å². The number of carbonyl (C=O) groups is 1. The van der Waals surface area contributed by atoms with Gasteiger partial charge in [-0.1, -0.05) is 24.3 Å². The maximum absolute atomic E-state index is 13.1. The lowest BCUT2D eigenvalue weighted by Crippen LogP contribution is -2.44. The van der Waals surface area contributed by atoms with Crippen LogP contribution in [0.15, 0.2) is 71.3 Å². The van der Waals surface area contributed by atoms with Crippen molar-refractivity contribution in [3.63, 3.8) is 0 Å². The molecule has 1 aromatic heterocycles. The van der Waals surface area contributed by atoms with Crippen molar-refractivity contribution >= 4 is 5.91 Å².